The quantitative estimate of drug-likeness (QED) is 0.871. The molecule has 0 radical (unpaired) electrons. The number of halogens is 3. The van der Waals surface area contributed by atoms with Crippen molar-refractivity contribution in [3.8, 4) is 5.75 Å². The second kappa shape index (κ2) is 7.43. The average Bonchev–Trinajstić information content (AvgIpc) is 2.95. The summed E-state index contributed by atoms with van der Waals surface area (Å²) in [6, 6.07) is 4.11. The topological polar surface area (TPSA) is 67.9 Å². The smallest absolute Gasteiger partial charge is 0.444 e. The molecule has 1 aromatic carbocycles. The minimum atomic E-state index is -4.78. The van der Waals surface area contributed by atoms with Crippen molar-refractivity contribution in [2.45, 2.75) is 51.6 Å². The van der Waals surface area contributed by atoms with Crippen molar-refractivity contribution in [3.05, 3.63) is 24.3 Å². The molecule has 9 heteroatoms. The molecular weight excluding hydrogens is 353 g/mol. The molecule has 2 rings (SSSR count). The molecule has 0 saturated carbocycles. The summed E-state index contributed by atoms with van der Waals surface area (Å²) in [6.45, 7) is 5.62. The Labute approximate surface area is 149 Å². The number of benzene rings is 1. The molecule has 1 aliphatic heterocycles. The van der Waals surface area contributed by atoms with Gasteiger partial charge in [-0.25, -0.2) is 4.79 Å². The third-order valence-corrected chi connectivity index (χ3v) is 3.54. The van der Waals surface area contributed by atoms with Crippen molar-refractivity contribution in [1.82, 2.24) is 4.90 Å². The van der Waals surface area contributed by atoms with Crippen LogP contribution in [0.25, 0.3) is 0 Å². The van der Waals surface area contributed by atoms with Crippen LogP contribution in [0.4, 0.5) is 23.7 Å². The number of likely N-dealkylation sites (tertiary alicyclic amines) is 1. The van der Waals surface area contributed by atoms with Gasteiger partial charge in [0.2, 0.25) is 5.91 Å². The van der Waals surface area contributed by atoms with Crippen molar-refractivity contribution in [2.24, 2.45) is 0 Å². The molecule has 1 aliphatic rings. The SMILES string of the molecule is CC(C)(C)OC(=O)N1CCC[C@H]1C(=O)Nc1ccc(OC(F)(F)F)cc1. The Morgan fingerprint density at radius 3 is 2.31 bits per heavy atom. The monoisotopic (exact) mass is 374 g/mol. The van der Waals surface area contributed by atoms with Gasteiger partial charge in [0.15, 0.2) is 0 Å². The van der Waals surface area contributed by atoms with Gasteiger partial charge in [-0.15, -0.1) is 13.2 Å². The lowest BCUT2D eigenvalue weighted by molar-refractivity contribution is -0.274. The van der Waals surface area contributed by atoms with Gasteiger partial charge in [-0.05, 0) is 57.9 Å². The Bertz CT molecular complexity index is 653. The van der Waals surface area contributed by atoms with Crippen LogP contribution in [0, 0.1) is 0 Å². The van der Waals surface area contributed by atoms with E-state index in [4.69, 9.17) is 4.74 Å². The highest BCUT2D eigenvalue weighted by atomic mass is 19.4. The predicted molar refractivity (Wildman–Crippen MR) is 87.7 cm³/mol. The first-order valence-corrected chi connectivity index (χ1v) is 8.11. The fourth-order valence-electron chi connectivity index (χ4n) is 2.54. The van der Waals surface area contributed by atoms with Crippen LogP contribution in [0.2, 0.25) is 0 Å². The lowest BCUT2D eigenvalue weighted by Crippen LogP contribution is -2.45. The van der Waals surface area contributed by atoms with E-state index in [9.17, 15) is 22.8 Å². The summed E-state index contributed by atoms with van der Waals surface area (Å²) in [5, 5.41) is 2.60. The van der Waals surface area contributed by atoms with Crippen LogP contribution in [0.1, 0.15) is 33.6 Å². The van der Waals surface area contributed by atoms with E-state index >= 15 is 0 Å². The van der Waals surface area contributed by atoms with Gasteiger partial charge in [-0.3, -0.25) is 9.69 Å². The molecular formula is C17H21F3N2O4. The maximum atomic E-state index is 12.4. The highest BCUT2D eigenvalue weighted by Crippen LogP contribution is 2.25. The van der Waals surface area contributed by atoms with Crippen molar-refractivity contribution in [1.29, 1.82) is 0 Å². The molecule has 1 heterocycles. The normalized spacial score (nSPS) is 17.8. The van der Waals surface area contributed by atoms with E-state index < -0.39 is 30.0 Å². The molecule has 0 aromatic heterocycles. The zero-order chi connectivity index (χ0) is 19.5. The lowest BCUT2D eigenvalue weighted by Gasteiger charge is -2.28. The molecule has 26 heavy (non-hydrogen) atoms. The summed E-state index contributed by atoms with van der Waals surface area (Å²) in [6.07, 6.45) is -4.19. The fraction of sp³-hybridized carbons (Fsp3) is 0.529. The fourth-order valence-corrected chi connectivity index (χ4v) is 2.54. The summed E-state index contributed by atoms with van der Waals surface area (Å²) in [7, 11) is 0. The van der Waals surface area contributed by atoms with E-state index in [1.54, 1.807) is 20.8 Å². The number of carbonyl (C=O) groups is 2. The van der Waals surface area contributed by atoms with Crippen LogP contribution in [0.5, 0.6) is 5.75 Å². The maximum Gasteiger partial charge on any atom is 0.573 e. The molecule has 1 saturated heterocycles. The molecule has 2 amide bonds. The summed E-state index contributed by atoms with van der Waals surface area (Å²) in [5.41, 5.74) is -0.366. The Morgan fingerprint density at radius 1 is 1.15 bits per heavy atom. The Kier molecular flexibility index (Phi) is 5.68. The second-order valence-electron chi connectivity index (χ2n) is 6.89. The van der Waals surface area contributed by atoms with Crippen molar-refractivity contribution >= 4 is 17.7 Å². The number of ether oxygens (including phenoxy) is 2. The van der Waals surface area contributed by atoms with Gasteiger partial charge >= 0.3 is 12.5 Å². The molecule has 1 atom stereocenters. The van der Waals surface area contributed by atoms with Crippen LogP contribution in [-0.4, -0.2) is 41.5 Å². The number of carbonyl (C=O) groups excluding carboxylic acids is 2. The number of amides is 2. The van der Waals surface area contributed by atoms with Gasteiger partial charge in [0.05, 0.1) is 0 Å². The standard InChI is InChI=1S/C17H21F3N2O4/c1-16(2,3)26-15(24)22-10-4-5-13(22)14(23)21-11-6-8-12(9-7-11)25-17(18,19)20/h6-9,13H,4-5,10H2,1-3H3,(H,21,23)/t13-/m0/s1. The number of nitrogens with zero attached hydrogens (tertiary/aromatic N) is 1. The maximum absolute atomic E-state index is 12.4. The van der Waals surface area contributed by atoms with Gasteiger partial charge in [-0.2, -0.15) is 0 Å². The highest BCUT2D eigenvalue weighted by Gasteiger charge is 2.36. The van der Waals surface area contributed by atoms with Crippen molar-refractivity contribution < 1.29 is 32.2 Å². The average molecular weight is 374 g/mol. The van der Waals surface area contributed by atoms with Crippen LogP contribution < -0.4 is 10.1 Å². The second-order valence-corrected chi connectivity index (χ2v) is 6.89. The molecule has 1 aromatic rings. The third kappa shape index (κ3) is 5.82. The van der Waals surface area contributed by atoms with Gasteiger partial charge < -0.3 is 14.8 Å². The first-order chi connectivity index (χ1) is 11.9. The van der Waals surface area contributed by atoms with Gasteiger partial charge in [0.25, 0.3) is 0 Å². The number of anilines is 1. The van der Waals surface area contributed by atoms with E-state index in [-0.39, 0.29) is 5.75 Å². The van der Waals surface area contributed by atoms with E-state index in [2.05, 4.69) is 10.1 Å². The minimum Gasteiger partial charge on any atom is -0.444 e. The molecule has 0 aliphatic carbocycles. The molecule has 0 spiro atoms. The van der Waals surface area contributed by atoms with Crippen LogP contribution >= 0.6 is 0 Å². The van der Waals surface area contributed by atoms with E-state index in [0.717, 1.165) is 12.1 Å². The van der Waals surface area contributed by atoms with E-state index in [1.807, 2.05) is 0 Å². The van der Waals surface area contributed by atoms with E-state index in [0.29, 0.717) is 25.1 Å². The summed E-state index contributed by atoms with van der Waals surface area (Å²) in [5.74, 6) is -0.801. The molecule has 1 fully saturated rings. The number of hydrogen-bond donors (Lipinski definition) is 1. The van der Waals surface area contributed by atoms with Gasteiger partial charge in [-0.1, -0.05) is 0 Å². The highest BCUT2D eigenvalue weighted by molar-refractivity contribution is 5.96. The molecule has 0 unspecified atom stereocenters. The summed E-state index contributed by atoms with van der Waals surface area (Å²) in [4.78, 5) is 26.0. The van der Waals surface area contributed by atoms with Crippen LogP contribution in [0.3, 0.4) is 0 Å². The Hall–Kier alpha value is -2.45. The van der Waals surface area contributed by atoms with Gasteiger partial charge in [0.1, 0.15) is 17.4 Å². The van der Waals surface area contributed by atoms with E-state index in [1.165, 1.54) is 17.0 Å². The van der Waals surface area contributed by atoms with Crippen LogP contribution in [0.15, 0.2) is 24.3 Å². The van der Waals surface area contributed by atoms with Crippen molar-refractivity contribution in [2.75, 3.05) is 11.9 Å². The first kappa shape index (κ1) is 19.9. The predicted octanol–water partition coefficient (Wildman–Crippen LogP) is 3.92. The molecule has 1 N–H and O–H groups in total. The number of rotatable bonds is 3. The Balaban J connectivity index is 1.99. The lowest BCUT2D eigenvalue weighted by atomic mass is 10.2. The zero-order valence-corrected chi connectivity index (χ0v) is 14.7. The van der Waals surface area contributed by atoms with Gasteiger partial charge in [0, 0.05) is 12.2 Å². The number of nitrogens with one attached hydrogen (secondary N) is 1. The molecule has 0 bridgehead atoms. The Morgan fingerprint density at radius 2 is 1.77 bits per heavy atom. The zero-order valence-electron chi connectivity index (χ0n) is 14.7. The number of alkyl halides is 3. The third-order valence-electron chi connectivity index (χ3n) is 3.54. The number of hydrogen-bond acceptors (Lipinski definition) is 4. The van der Waals surface area contributed by atoms with Crippen molar-refractivity contribution in [3.63, 3.8) is 0 Å². The molecule has 6 nitrogen and oxygen atoms in total. The largest absolute Gasteiger partial charge is 0.573 e. The first-order valence-electron chi connectivity index (χ1n) is 8.11. The minimum absolute atomic E-state index is 0.306. The molecule has 144 valence electrons. The summed E-state index contributed by atoms with van der Waals surface area (Å²) < 4.78 is 45.5. The summed E-state index contributed by atoms with van der Waals surface area (Å²) >= 11 is 0. The van der Waals surface area contributed by atoms with Crippen LogP contribution in [-0.2, 0) is 9.53 Å².